The van der Waals surface area contributed by atoms with Gasteiger partial charge in [0.2, 0.25) is 0 Å². The van der Waals surface area contributed by atoms with Crippen molar-refractivity contribution in [2.24, 2.45) is 0 Å². The van der Waals surface area contributed by atoms with Gasteiger partial charge >= 0.3 is 0 Å². The number of likely N-dealkylation sites (tertiary alicyclic amines) is 1. The lowest BCUT2D eigenvalue weighted by Gasteiger charge is -2.32. The van der Waals surface area contributed by atoms with E-state index in [0.29, 0.717) is 57.3 Å². The number of methoxy groups -OCH3 is 2. The number of rotatable bonds is 6. The maximum absolute atomic E-state index is 13.4. The number of hydrogen-bond donors (Lipinski definition) is 2. The van der Waals surface area contributed by atoms with Crippen LogP contribution in [0.15, 0.2) is 39.5 Å². The Morgan fingerprint density at radius 2 is 1.91 bits per heavy atom. The maximum atomic E-state index is 13.4. The molecule has 0 amide bonds. The van der Waals surface area contributed by atoms with Crippen LogP contribution in [0.3, 0.4) is 0 Å². The standard InChI is InChI=1S/C26H31ClN2O5/c1-14(2)28-15-7-8-16(18(27)11-15)20-12-19(30)24-22(33-6)13-21(32-5)23(25(24)34-20)17-9-10-29(4)26(17,3)31/h7-8,11-14,17,28,31H,9-10H2,1-6H3. The van der Waals surface area contributed by atoms with E-state index in [1.807, 2.05) is 44.0 Å². The lowest BCUT2D eigenvalue weighted by Crippen LogP contribution is -2.41. The lowest BCUT2D eigenvalue weighted by atomic mass is 9.87. The fourth-order valence-electron chi connectivity index (χ4n) is 4.73. The van der Waals surface area contributed by atoms with Gasteiger partial charge in [-0.15, -0.1) is 0 Å². The van der Waals surface area contributed by atoms with Crippen molar-refractivity contribution in [2.45, 2.75) is 44.9 Å². The van der Waals surface area contributed by atoms with E-state index in [9.17, 15) is 9.90 Å². The fourth-order valence-corrected chi connectivity index (χ4v) is 5.01. The molecule has 0 bridgehead atoms. The lowest BCUT2D eigenvalue weighted by molar-refractivity contribution is -0.0627. The molecule has 2 heterocycles. The Kier molecular flexibility index (Phi) is 6.55. The van der Waals surface area contributed by atoms with E-state index < -0.39 is 5.72 Å². The van der Waals surface area contributed by atoms with Crippen LogP contribution in [0.2, 0.25) is 5.02 Å². The topological polar surface area (TPSA) is 84.2 Å². The SMILES string of the molecule is COc1cc(OC)c2c(=O)cc(-c3ccc(NC(C)C)cc3Cl)oc2c1C1CCN(C)C1(C)O. The summed E-state index contributed by atoms with van der Waals surface area (Å²) >= 11 is 6.60. The second-order valence-electron chi connectivity index (χ2n) is 9.22. The minimum Gasteiger partial charge on any atom is -0.496 e. The molecule has 2 atom stereocenters. The summed E-state index contributed by atoms with van der Waals surface area (Å²) in [6.07, 6.45) is 0.672. The van der Waals surface area contributed by atoms with E-state index >= 15 is 0 Å². The third kappa shape index (κ3) is 4.13. The summed E-state index contributed by atoms with van der Waals surface area (Å²) in [5.41, 5.74) is 1.04. The molecule has 0 saturated carbocycles. The molecule has 2 aromatic carbocycles. The zero-order valence-corrected chi connectivity index (χ0v) is 21.1. The number of hydrogen-bond acceptors (Lipinski definition) is 7. The van der Waals surface area contributed by atoms with Crippen molar-refractivity contribution in [3.8, 4) is 22.8 Å². The van der Waals surface area contributed by atoms with E-state index in [1.54, 1.807) is 20.1 Å². The van der Waals surface area contributed by atoms with Crippen LogP contribution in [0.5, 0.6) is 11.5 Å². The number of aliphatic hydroxyl groups is 1. The zero-order valence-electron chi connectivity index (χ0n) is 20.4. The predicted molar refractivity (Wildman–Crippen MR) is 135 cm³/mol. The summed E-state index contributed by atoms with van der Waals surface area (Å²) in [4.78, 5) is 15.2. The summed E-state index contributed by atoms with van der Waals surface area (Å²) in [6.45, 7) is 6.54. The summed E-state index contributed by atoms with van der Waals surface area (Å²) in [7, 11) is 4.92. The minimum atomic E-state index is -1.15. The number of likely N-dealkylation sites (N-methyl/N-ethyl adjacent to an activating group) is 1. The van der Waals surface area contributed by atoms with E-state index in [1.165, 1.54) is 13.2 Å². The molecule has 2 N–H and O–H groups in total. The Bertz CT molecular complexity index is 1280. The van der Waals surface area contributed by atoms with Gasteiger partial charge < -0.3 is 24.3 Å². The average molecular weight is 487 g/mol. The minimum absolute atomic E-state index is 0.250. The Morgan fingerprint density at radius 3 is 2.47 bits per heavy atom. The van der Waals surface area contributed by atoms with Crippen molar-refractivity contribution >= 4 is 28.3 Å². The molecule has 3 aromatic rings. The molecule has 1 aliphatic rings. The highest BCUT2D eigenvalue weighted by atomic mass is 35.5. The molecule has 0 aliphatic carbocycles. The number of benzene rings is 2. The molecule has 2 unspecified atom stereocenters. The summed E-state index contributed by atoms with van der Waals surface area (Å²) in [5.74, 6) is 0.839. The molecule has 0 radical (unpaired) electrons. The van der Waals surface area contributed by atoms with Crippen molar-refractivity contribution in [2.75, 3.05) is 33.1 Å². The molecule has 182 valence electrons. The highest BCUT2D eigenvalue weighted by Gasteiger charge is 2.45. The monoisotopic (exact) mass is 486 g/mol. The first-order valence-corrected chi connectivity index (χ1v) is 11.7. The number of nitrogens with one attached hydrogen (secondary N) is 1. The predicted octanol–water partition coefficient (Wildman–Crippen LogP) is 5.08. The highest BCUT2D eigenvalue weighted by Crippen LogP contribution is 2.48. The Labute approximate surface area is 204 Å². The summed E-state index contributed by atoms with van der Waals surface area (Å²) in [5, 5.41) is 15.4. The molecular weight excluding hydrogens is 456 g/mol. The average Bonchev–Trinajstić information content (AvgIpc) is 3.04. The number of halogens is 1. The van der Waals surface area contributed by atoms with Crippen molar-refractivity contribution in [1.82, 2.24) is 4.90 Å². The van der Waals surface area contributed by atoms with Crippen LogP contribution in [0, 0.1) is 0 Å². The molecule has 1 saturated heterocycles. The van der Waals surface area contributed by atoms with E-state index in [2.05, 4.69) is 5.32 Å². The van der Waals surface area contributed by atoms with Crippen LogP contribution < -0.4 is 20.2 Å². The van der Waals surface area contributed by atoms with Gasteiger partial charge in [-0.2, -0.15) is 0 Å². The van der Waals surface area contributed by atoms with Gasteiger partial charge in [-0.25, -0.2) is 0 Å². The molecule has 0 spiro atoms. The highest BCUT2D eigenvalue weighted by molar-refractivity contribution is 6.33. The number of ether oxygens (including phenoxy) is 2. The van der Waals surface area contributed by atoms with Gasteiger partial charge in [0.05, 0.1) is 19.2 Å². The molecule has 1 fully saturated rings. The van der Waals surface area contributed by atoms with E-state index in [-0.39, 0.29) is 17.4 Å². The quantitative estimate of drug-likeness (QED) is 0.502. The van der Waals surface area contributed by atoms with Gasteiger partial charge in [0.15, 0.2) is 5.43 Å². The third-order valence-electron chi connectivity index (χ3n) is 6.63. The van der Waals surface area contributed by atoms with E-state index in [0.717, 1.165) is 5.69 Å². The number of nitrogens with zero attached hydrogens (tertiary/aromatic N) is 1. The molecule has 1 aliphatic heterocycles. The molecule has 4 rings (SSSR count). The van der Waals surface area contributed by atoms with Gasteiger partial charge in [0.1, 0.15) is 34.0 Å². The van der Waals surface area contributed by atoms with Gasteiger partial charge in [-0.05, 0) is 52.4 Å². The first-order chi connectivity index (χ1) is 16.1. The first kappa shape index (κ1) is 24.4. The zero-order chi connectivity index (χ0) is 24.8. The Morgan fingerprint density at radius 1 is 1.21 bits per heavy atom. The summed E-state index contributed by atoms with van der Waals surface area (Å²) < 4.78 is 17.6. The van der Waals surface area contributed by atoms with Gasteiger partial charge in [0, 0.05) is 47.5 Å². The second-order valence-corrected chi connectivity index (χ2v) is 9.63. The van der Waals surface area contributed by atoms with Crippen molar-refractivity contribution in [1.29, 1.82) is 0 Å². The van der Waals surface area contributed by atoms with Gasteiger partial charge in [0.25, 0.3) is 0 Å². The van der Waals surface area contributed by atoms with Crippen LogP contribution >= 0.6 is 11.6 Å². The molecular formula is C26H31ClN2O5. The smallest absolute Gasteiger partial charge is 0.197 e. The largest absolute Gasteiger partial charge is 0.496 e. The Balaban J connectivity index is 1.99. The maximum Gasteiger partial charge on any atom is 0.197 e. The van der Waals surface area contributed by atoms with Crippen molar-refractivity contribution in [3.63, 3.8) is 0 Å². The number of anilines is 1. The van der Waals surface area contributed by atoms with E-state index in [4.69, 9.17) is 25.5 Å². The van der Waals surface area contributed by atoms with Crippen molar-refractivity contribution in [3.05, 3.63) is 51.1 Å². The fraction of sp³-hybridized carbons (Fsp3) is 0.423. The van der Waals surface area contributed by atoms with Crippen molar-refractivity contribution < 1.29 is 19.0 Å². The van der Waals surface area contributed by atoms with Crippen LogP contribution in [0.25, 0.3) is 22.3 Å². The molecule has 7 nitrogen and oxygen atoms in total. The second kappa shape index (κ2) is 9.13. The Hall–Kier alpha value is -2.74. The van der Waals surface area contributed by atoms with Crippen LogP contribution in [-0.2, 0) is 0 Å². The molecule has 34 heavy (non-hydrogen) atoms. The summed E-state index contributed by atoms with van der Waals surface area (Å²) in [6, 6.07) is 8.90. The number of fused-ring (bicyclic) bond motifs is 1. The molecule has 1 aromatic heterocycles. The van der Waals surface area contributed by atoms with Crippen LogP contribution in [-0.4, -0.2) is 49.6 Å². The van der Waals surface area contributed by atoms with Crippen LogP contribution in [0.4, 0.5) is 5.69 Å². The van der Waals surface area contributed by atoms with Gasteiger partial charge in [-0.1, -0.05) is 11.6 Å². The first-order valence-electron chi connectivity index (χ1n) is 11.3. The third-order valence-corrected chi connectivity index (χ3v) is 6.94. The normalized spacial score (nSPS) is 20.8. The molecule has 8 heteroatoms. The van der Waals surface area contributed by atoms with Gasteiger partial charge in [-0.3, -0.25) is 9.69 Å². The van der Waals surface area contributed by atoms with Crippen LogP contribution in [0.1, 0.15) is 38.7 Å².